The van der Waals surface area contributed by atoms with E-state index >= 15 is 0 Å². The molecule has 1 heterocycles. The van der Waals surface area contributed by atoms with Gasteiger partial charge >= 0.3 is 0 Å². The summed E-state index contributed by atoms with van der Waals surface area (Å²) in [6.07, 6.45) is 6.92. The van der Waals surface area contributed by atoms with Gasteiger partial charge in [-0.25, -0.2) is 0 Å². The zero-order valence-electron chi connectivity index (χ0n) is 10.6. The van der Waals surface area contributed by atoms with Gasteiger partial charge in [0.05, 0.1) is 5.60 Å². The molecule has 0 radical (unpaired) electrons. The molecule has 1 fully saturated rings. The van der Waals surface area contributed by atoms with Gasteiger partial charge in [-0.2, -0.15) is 0 Å². The van der Waals surface area contributed by atoms with Crippen LogP contribution in [0.2, 0.25) is 0 Å². The Morgan fingerprint density at radius 2 is 2.00 bits per heavy atom. The minimum atomic E-state index is -0.488. The first-order valence-corrected chi connectivity index (χ1v) is 6.56. The van der Waals surface area contributed by atoms with Gasteiger partial charge in [-0.15, -0.1) is 0 Å². The number of rotatable bonds is 5. The van der Waals surface area contributed by atoms with E-state index in [9.17, 15) is 5.11 Å². The third kappa shape index (κ3) is 3.76. The van der Waals surface area contributed by atoms with Crippen LogP contribution in [0.5, 0.6) is 0 Å². The Labute approximate surface area is 94.5 Å². The fourth-order valence-electron chi connectivity index (χ4n) is 2.93. The third-order valence-corrected chi connectivity index (χ3v) is 3.94. The van der Waals surface area contributed by atoms with Crippen LogP contribution in [0.4, 0.5) is 0 Å². The van der Waals surface area contributed by atoms with E-state index in [0.29, 0.717) is 12.0 Å². The molecule has 1 aliphatic heterocycles. The van der Waals surface area contributed by atoms with Gasteiger partial charge in [-0.05, 0) is 38.6 Å². The second-order valence-corrected chi connectivity index (χ2v) is 5.22. The van der Waals surface area contributed by atoms with Crippen LogP contribution in [0.3, 0.4) is 0 Å². The first kappa shape index (κ1) is 13.0. The van der Waals surface area contributed by atoms with E-state index in [1.54, 1.807) is 0 Å². The highest BCUT2D eigenvalue weighted by molar-refractivity contribution is 4.87. The first-order valence-electron chi connectivity index (χ1n) is 6.56. The third-order valence-electron chi connectivity index (χ3n) is 3.94. The fraction of sp³-hybridized carbons (Fsp3) is 1.00. The molecule has 2 heteroatoms. The lowest BCUT2D eigenvalue weighted by Crippen LogP contribution is -2.44. The summed E-state index contributed by atoms with van der Waals surface area (Å²) in [4.78, 5) is 0. The standard InChI is InChI=1S/C13H27NO/c1-4-11(5-2)13(3,15)10-12-8-6-7-9-14-12/h11-12,14-15H,4-10H2,1-3H3. The molecule has 0 amide bonds. The lowest BCUT2D eigenvalue weighted by Gasteiger charge is -2.36. The molecule has 15 heavy (non-hydrogen) atoms. The molecule has 2 atom stereocenters. The van der Waals surface area contributed by atoms with Gasteiger partial charge in [0.25, 0.3) is 0 Å². The van der Waals surface area contributed by atoms with Crippen LogP contribution in [0, 0.1) is 5.92 Å². The summed E-state index contributed by atoms with van der Waals surface area (Å²) in [6, 6.07) is 0.536. The molecule has 1 aliphatic rings. The van der Waals surface area contributed by atoms with Gasteiger partial charge in [-0.1, -0.05) is 33.1 Å². The lowest BCUT2D eigenvalue weighted by molar-refractivity contribution is -0.0224. The van der Waals surface area contributed by atoms with Crippen molar-refractivity contribution >= 4 is 0 Å². The van der Waals surface area contributed by atoms with Crippen LogP contribution >= 0.6 is 0 Å². The summed E-state index contributed by atoms with van der Waals surface area (Å²) < 4.78 is 0. The van der Waals surface area contributed by atoms with Crippen molar-refractivity contribution in [2.45, 2.75) is 70.9 Å². The molecule has 0 aliphatic carbocycles. The smallest absolute Gasteiger partial charge is 0.0662 e. The van der Waals surface area contributed by atoms with Crippen LogP contribution in [-0.4, -0.2) is 23.3 Å². The van der Waals surface area contributed by atoms with Crippen molar-refractivity contribution in [2.75, 3.05) is 6.54 Å². The van der Waals surface area contributed by atoms with E-state index in [1.165, 1.54) is 19.3 Å². The van der Waals surface area contributed by atoms with Crippen LogP contribution in [-0.2, 0) is 0 Å². The monoisotopic (exact) mass is 213 g/mol. The number of piperidine rings is 1. The minimum Gasteiger partial charge on any atom is -0.390 e. The molecule has 0 aromatic carbocycles. The average molecular weight is 213 g/mol. The van der Waals surface area contributed by atoms with Crippen molar-refractivity contribution in [2.24, 2.45) is 5.92 Å². The van der Waals surface area contributed by atoms with Crippen molar-refractivity contribution in [3.05, 3.63) is 0 Å². The summed E-state index contributed by atoms with van der Waals surface area (Å²) in [6.45, 7) is 7.50. The van der Waals surface area contributed by atoms with Crippen molar-refractivity contribution in [1.29, 1.82) is 0 Å². The number of hydrogen-bond acceptors (Lipinski definition) is 2. The fourth-order valence-corrected chi connectivity index (χ4v) is 2.93. The van der Waals surface area contributed by atoms with Gasteiger partial charge < -0.3 is 10.4 Å². The molecule has 2 nitrogen and oxygen atoms in total. The summed E-state index contributed by atoms with van der Waals surface area (Å²) in [5, 5.41) is 14.0. The van der Waals surface area contributed by atoms with Crippen molar-refractivity contribution in [1.82, 2.24) is 5.32 Å². The molecule has 2 unspecified atom stereocenters. The van der Waals surface area contributed by atoms with Crippen molar-refractivity contribution in [3.63, 3.8) is 0 Å². The Morgan fingerprint density at radius 1 is 1.33 bits per heavy atom. The van der Waals surface area contributed by atoms with E-state index in [0.717, 1.165) is 25.8 Å². The molecular formula is C13H27NO. The topological polar surface area (TPSA) is 32.3 Å². The summed E-state index contributed by atoms with van der Waals surface area (Å²) in [5.41, 5.74) is -0.488. The van der Waals surface area contributed by atoms with Crippen molar-refractivity contribution < 1.29 is 5.11 Å². The van der Waals surface area contributed by atoms with Gasteiger partial charge in [0.1, 0.15) is 0 Å². The highest BCUT2D eigenvalue weighted by atomic mass is 16.3. The number of nitrogens with one attached hydrogen (secondary N) is 1. The highest BCUT2D eigenvalue weighted by Gasteiger charge is 2.32. The van der Waals surface area contributed by atoms with E-state index in [1.807, 2.05) is 6.92 Å². The van der Waals surface area contributed by atoms with Crippen LogP contribution in [0.1, 0.15) is 59.3 Å². The Bertz CT molecular complexity index is 169. The summed E-state index contributed by atoms with van der Waals surface area (Å²) in [5.74, 6) is 0.446. The molecular weight excluding hydrogens is 186 g/mol. The summed E-state index contributed by atoms with van der Waals surface area (Å²) >= 11 is 0. The molecule has 0 spiro atoms. The maximum atomic E-state index is 10.5. The van der Waals surface area contributed by atoms with Gasteiger partial charge in [0.15, 0.2) is 0 Å². The number of hydrogen-bond donors (Lipinski definition) is 2. The molecule has 0 saturated carbocycles. The maximum Gasteiger partial charge on any atom is 0.0662 e. The van der Waals surface area contributed by atoms with Crippen LogP contribution < -0.4 is 5.32 Å². The quantitative estimate of drug-likeness (QED) is 0.736. The Balaban J connectivity index is 2.45. The van der Waals surface area contributed by atoms with Gasteiger partial charge in [-0.3, -0.25) is 0 Å². The van der Waals surface area contributed by atoms with Gasteiger partial charge in [0.2, 0.25) is 0 Å². The van der Waals surface area contributed by atoms with E-state index in [4.69, 9.17) is 0 Å². The Hall–Kier alpha value is -0.0800. The Kier molecular flexibility index (Phi) is 5.07. The first-order chi connectivity index (χ1) is 7.10. The Morgan fingerprint density at radius 3 is 2.47 bits per heavy atom. The predicted octanol–water partition coefficient (Wildman–Crippen LogP) is 2.71. The molecule has 1 rings (SSSR count). The molecule has 1 saturated heterocycles. The van der Waals surface area contributed by atoms with Crippen molar-refractivity contribution in [3.8, 4) is 0 Å². The van der Waals surface area contributed by atoms with Crippen LogP contribution in [0.15, 0.2) is 0 Å². The highest BCUT2D eigenvalue weighted by Crippen LogP contribution is 2.29. The lowest BCUT2D eigenvalue weighted by atomic mass is 9.79. The molecule has 0 bridgehead atoms. The second-order valence-electron chi connectivity index (χ2n) is 5.22. The molecule has 90 valence electrons. The average Bonchev–Trinajstić information content (AvgIpc) is 2.19. The molecule has 0 aromatic rings. The zero-order chi connectivity index (χ0) is 11.3. The van der Waals surface area contributed by atoms with Gasteiger partial charge in [0, 0.05) is 6.04 Å². The number of aliphatic hydroxyl groups is 1. The van der Waals surface area contributed by atoms with E-state index < -0.39 is 5.60 Å². The second kappa shape index (κ2) is 5.86. The predicted molar refractivity (Wildman–Crippen MR) is 65.0 cm³/mol. The minimum absolute atomic E-state index is 0.446. The molecule has 0 aromatic heterocycles. The maximum absolute atomic E-state index is 10.5. The normalized spacial score (nSPS) is 26.6. The van der Waals surface area contributed by atoms with Crippen LogP contribution in [0.25, 0.3) is 0 Å². The van der Waals surface area contributed by atoms with E-state index in [2.05, 4.69) is 19.2 Å². The van der Waals surface area contributed by atoms with E-state index in [-0.39, 0.29) is 0 Å². The molecule has 2 N–H and O–H groups in total. The zero-order valence-corrected chi connectivity index (χ0v) is 10.6. The largest absolute Gasteiger partial charge is 0.390 e. The SMILES string of the molecule is CCC(CC)C(C)(O)CC1CCCCN1. The summed E-state index contributed by atoms with van der Waals surface area (Å²) in [7, 11) is 0.